The van der Waals surface area contributed by atoms with Gasteiger partial charge >= 0.3 is 12.1 Å². The fraction of sp³-hybridized carbons (Fsp3) is 0.300. The minimum Gasteiger partial charge on any atom is -0.452 e. The van der Waals surface area contributed by atoms with Crippen LogP contribution in [-0.4, -0.2) is 49.6 Å². The molecule has 1 saturated heterocycles. The third kappa shape index (κ3) is 5.15. The van der Waals surface area contributed by atoms with Crippen molar-refractivity contribution in [1.29, 1.82) is 0 Å². The van der Waals surface area contributed by atoms with Gasteiger partial charge in [0.1, 0.15) is 0 Å². The van der Waals surface area contributed by atoms with Crippen molar-refractivity contribution in [2.45, 2.75) is 6.18 Å². The van der Waals surface area contributed by atoms with Crippen molar-refractivity contribution in [3.8, 4) is 0 Å². The number of halogens is 4. The van der Waals surface area contributed by atoms with Gasteiger partial charge in [0.05, 0.1) is 21.8 Å². The lowest BCUT2D eigenvalue weighted by Crippen LogP contribution is -2.50. The number of nitrogen functional groups attached to an aromatic ring is 1. The number of nitrogens with two attached hydrogens (primary N) is 1. The van der Waals surface area contributed by atoms with Crippen LogP contribution in [0.2, 0.25) is 5.02 Å². The van der Waals surface area contributed by atoms with Gasteiger partial charge in [-0.1, -0.05) is 17.7 Å². The molecule has 1 aliphatic rings. The Bertz CT molecular complexity index is 944. The normalized spacial score (nSPS) is 14.5. The van der Waals surface area contributed by atoms with Crippen molar-refractivity contribution in [2.24, 2.45) is 0 Å². The number of nitrogens with zero attached hydrogens (tertiary/aromatic N) is 2. The summed E-state index contributed by atoms with van der Waals surface area (Å²) in [5.74, 6) is -1.08. The number of ether oxygens (including phenoxy) is 1. The summed E-state index contributed by atoms with van der Waals surface area (Å²) in [5, 5.41) is 0.307. The van der Waals surface area contributed by atoms with E-state index in [4.69, 9.17) is 22.1 Å². The average molecular weight is 442 g/mol. The number of carbonyl (C=O) groups is 2. The maximum Gasteiger partial charge on any atom is 0.416 e. The molecule has 30 heavy (non-hydrogen) atoms. The highest BCUT2D eigenvalue weighted by Crippen LogP contribution is 2.31. The average Bonchev–Trinajstić information content (AvgIpc) is 2.73. The number of amides is 1. The number of esters is 1. The van der Waals surface area contributed by atoms with Crippen LogP contribution in [0.1, 0.15) is 15.9 Å². The van der Waals surface area contributed by atoms with E-state index in [9.17, 15) is 22.8 Å². The summed E-state index contributed by atoms with van der Waals surface area (Å²) in [6.07, 6.45) is -4.41. The first kappa shape index (κ1) is 21.8. The highest BCUT2D eigenvalue weighted by molar-refractivity contribution is 6.33. The molecular formula is C20H19ClF3N3O3. The maximum atomic E-state index is 12.9. The van der Waals surface area contributed by atoms with Crippen molar-refractivity contribution in [1.82, 2.24) is 4.90 Å². The number of hydrogen-bond acceptors (Lipinski definition) is 5. The minimum atomic E-state index is -4.41. The first-order valence-electron chi connectivity index (χ1n) is 9.07. The van der Waals surface area contributed by atoms with Gasteiger partial charge in [-0.2, -0.15) is 13.2 Å². The zero-order valence-electron chi connectivity index (χ0n) is 15.8. The molecule has 0 atom stereocenters. The molecule has 0 bridgehead atoms. The van der Waals surface area contributed by atoms with Crippen LogP contribution in [0.25, 0.3) is 0 Å². The summed E-state index contributed by atoms with van der Waals surface area (Å²) in [5.41, 5.74) is 5.78. The molecule has 1 heterocycles. The second kappa shape index (κ2) is 8.83. The standard InChI is InChI=1S/C20H19ClF3N3O3/c21-16-5-4-13(10-17(16)25)19(29)30-12-18(28)27-8-6-26(7-9-27)15-3-1-2-14(11-15)20(22,23)24/h1-5,10-11H,6-9,12,25H2. The van der Waals surface area contributed by atoms with Gasteiger partial charge in [-0.15, -0.1) is 0 Å². The number of carbonyl (C=O) groups excluding carboxylic acids is 2. The Morgan fingerprint density at radius 1 is 1.07 bits per heavy atom. The van der Waals surface area contributed by atoms with Gasteiger partial charge in [-0.05, 0) is 36.4 Å². The van der Waals surface area contributed by atoms with E-state index in [-0.39, 0.29) is 17.2 Å². The van der Waals surface area contributed by atoms with Crippen LogP contribution in [-0.2, 0) is 15.7 Å². The third-order valence-electron chi connectivity index (χ3n) is 4.73. The Morgan fingerprint density at radius 2 is 1.77 bits per heavy atom. The summed E-state index contributed by atoms with van der Waals surface area (Å²) in [7, 11) is 0. The monoisotopic (exact) mass is 441 g/mol. The molecule has 0 aliphatic carbocycles. The van der Waals surface area contributed by atoms with Crippen LogP contribution in [0.3, 0.4) is 0 Å². The summed E-state index contributed by atoms with van der Waals surface area (Å²) >= 11 is 5.80. The van der Waals surface area contributed by atoms with E-state index in [0.29, 0.717) is 36.9 Å². The van der Waals surface area contributed by atoms with Gasteiger partial charge in [0.15, 0.2) is 6.61 Å². The first-order chi connectivity index (χ1) is 14.1. The van der Waals surface area contributed by atoms with E-state index >= 15 is 0 Å². The van der Waals surface area contributed by atoms with Crippen LogP contribution in [0.4, 0.5) is 24.5 Å². The maximum absolute atomic E-state index is 12.9. The van der Waals surface area contributed by atoms with Crippen molar-refractivity contribution in [3.05, 3.63) is 58.6 Å². The molecule has 0 aromatic heterocycles. The zero-order valence-corrected chi connectivity index (χ0v) is 16.5. The largest absolute Gasteiger partial charge is 0.452 e. The SMILES string of the molecule is Nc1cc(C(=O)OCC(=O)N2CCN(c3cccc(C(F)(F)F)c3)CC2)ccc1Cl. The fourth-order valence-corrected chi connectivity index (χ4v) is 3.18. The van der Waals surface area contributed by atoms with Crippen LogP contribution in [0, 0.1) is 0 Å². The molecule has 1 aliphatic heterocycles. The van der Waals surface area contributed by atoms with E-state index in [0.717, 1.165) is 12.1 Å². The number of piperazine rings is 1. The predicted octanol–water partition coefficient (Wildman–Crippen LogP) is 3.45. The Kier molecular flexibility index (Phi) is 6.40. The third-order valence-corrected chi connectivity index (χ3v) is 5.07. The van der Waals surface area contributed by atoms with E-state index in [2.05, 4.69) is 0 Å². The second-order valence-corrected chi connectivity index (χ2v) is 7.14. The molecule has 2 N–H and O–H groups in total. The lowest BCUT2D eigenvalue weighted by atomic mass is 10.1. The Balaban J connectivity index is 1.52. The summed E-state index contributed by atoms with van der Waals surface area (Å²) in [6, 6.07) is 9.35. The molecule has 3 rings (SSSR count). The lowest BCUT2D eigenvalue weighted by Gasteiger charge is -2.36. The molecule has 6 nitrogen and oxygen atoms in total. The van der Waals surface area contributed by atoms with Crippen molar-refractivity contribution < 1.29 is 27.5 Å². The smallest absolute Gasteiger partial charge is 0.416 e. The van der Waals surface area contributed by atoms with Crippen LogP contribution < -0.4 is 10.6 Å². The van der Waals surface area contributed by atoms with Gasteiger partial charge in [0.25, 0.3) is 5.91 Å². The number of benzene rings is 2. The molecule has 0 spiro atoms. The molecule has 10 heteroatoms. The van der Waals surface area contributed by atoms with Crippen LogP contribution in [0.15, 0.2) is 42.5 Å². The van der Waals surface area contributed by atoms with Crippen molar-refractivity contribution >= 4 is 34.9 Å². The van der Waals surface area contributed by atoms with E-state index in [1.807, 2.05) is 0 Å². The summed E-state index contributed by atoms with van der Waals surface area (Å²) in [6.45, 7) is 0.912. The quantitative estimate of drug-likeness (QED) is 0.581. The lowest BCUT2D eigenvalue weighted by molar-refractivity contribution is -0.137. The van der Waals surface area contributed by atoms with Gasteiger partial charge in [-0.3, -0.25) is 4.79 Å². The van der Waals surface area contributed by atoms with E-state index < -0.39 is 24.3 Å². The number of rotatable bonds is 4. The summed E-state index contributed by atoms with van der Waals surface area (Å²) in [4.78, 5) is 27.7. The van der Waals surface area contributed by atoms with Gasteiger partial charge < -0.3 is 20.3 Å². The highest BCUT2D eigenvalue weighted by atomic mass is 35.5. The molecule has 1 fully saturated rings. The van der Waals surface area contributed by atoms with Gasteiger partial charge in [0, 0.05) is 31.9 Å². The Hall–Kier alpha value is -2.94. The predicted molar refractivity (Wildman–Crippen MR) is 106 cm³/mol. The molecule has 0 unspecified atom stereocenters. The van der Waals surface area contributed by atoms with Gasteiger partial charge in [-0.25, -0.2) is 4.79 Å². The number of alkyl halides is 3. The van der Waals surface area contributed by atoms with Crippen molar-refractivity contribution in [2.75, 3.05) is 43.4 Å². The van der Waals surface area contributed by atoms with E-state index in [1.165, 1.54) is 29.2 Å². The summed E-state index contributed by atoms with van der Waals surface area (Å²) < 4.78 is 43.7. The fourth-order valence-electron chi connectivity index (χ4n) is 3.07. The molecule has 160 valence electrons. The number of anilines is 2. The molecule has 1 amide bonds. The number of hydrogen-bond donors (Lipinski definition) is 1. The second-order valence-electron chi connectivity index (χ2n) is 6.73. The highest BCUT2D eigenvalue weighted by Gasteiger charge is 2.31. The van der Waals surface area contributed by atoms with Crippen LogP contribution >= 0.6 is 11.6 Å². The van der Waals surface area contributed by atoms with E-state index in [1.54, 1.807) is 11.0 Å². The van der Waals surface area contributed by atoms with Crippen molar-refractivity contribution in [3.63, 3.8) is 0 Å². The van der Waals surface area contributed by atoms with Crippen LogP contribution in [0.5, 0.6) is 0 Å². The Labute approximate surface area is 175 Å². The van der Waals surface area contributed by atoms with Gasteiger partial charge in [0.2, 0.25) is 0 Å². The molecule has 2 aromatic rings. The first-order valence-corrected chi connectivity index (χ1v) is 9.45. The molecule has 0 radical (unpaired) electrons. The minimum absolute atomic E-state index is 0.180. The molecule has 0 saturated carbocycles. The topological polar surface area (TPSA) is 75.9 Å². The molecular weight excluding hydrogens is 423 g/mol. The zero-order chi connectivity index (χ0) is 21.9. The Morgan fingerprint density at radius 3 is 2.40 bits per heavy atom. The molecule has 2 aromatic carbocycles.